The van der Waals surface area contributed by atoms with Gasteiger partial charge in [-0.25, -0.2) is 0 Å². The number of anilines is 1. The predicted molar refractivity (Wildman–Crippen MR) is 94.4 cm³/mol. The van der Waals surface area contributed by atoms with Gasteiger partial charge in [-0.3, -0.25) is 4.79 Å². The van der Waals surface area contributed by atoms with Gasteiger partial charge >= 0.3 is 0 Å². The van der Waals surface area contributed by atoms with Gasteiger partial charge in [0.05, 0.1) is 9.21 Å². The fraction of sp³-hybridized carbons (Fsp3) is 0.353. The standard InChI is InChI=1S/C17H20ClN3OS/c18-16-7-6-15(23-16)12-20-8-10-21(11-9-20)13-17(22)19-14-4-2-1-3-5-14/h1-7H,8-13H2,(H,19,22)/p+2. The van der Waals surface area contributed by atoms with Crippen LogP contribution in [0.15, 0.2) is 42.5 Å². The Bertz CT molecular complexity index is 638. The van der Waals surface area contributed by atoms with Crippen molar-refractivity contribution in [2.75, 3.05) is 38.0 Å². The van der Waals surface area contributed by atoms with Crippen LogP contribution in [0.1, 0.15) is 4.88 Å². The minimum atomic E-state index is 0.0969. The van der Waals surface area contributed by atoms with E-state index >= 15 is 0 Å². The van der Waals surface area contributed by atoms with Gasteiger partial charge in [-0.2, -0.15) is 0 Å². The third-order valence-electron chi connectivity index (χ3n) is 4.19. The molecule has 0 spiro atoms. The van der Waals surface area contributed by atoms with Crippen molar-refractivity contribution in [1.82, 2.24) is 0 Å². The maximum atomic E-state index is 12.1. The molecule has 2 aromatic rings. The Morgan fingerprint density at radius 3 is 2.39 bits per heavy atom. The first-order valence-corrected chi connectivity index (χ1v) is 9.15. The second-order valence-corrected chi connectivity index (χ2v) is 7.77. The topological polar surface area (TPSA) is 38.0 Å². The maximum absolute atomic E-state index is 12.1. The number of hydrogen-bond acceptors (Lipinski definition) is 2. The second-order valence-electron chi connectivity index (χ2n) is 5.97. The van der Waals surface area contributed by atoms with Gasteiger partial charge in [0.2, 0.25) is 0 Å². The molecule has 1 aliphatic rings. The van der Waals surface area contributed by atoms with Crippen LogP contribution in [-0.4, -0.2) is 38.6 Å². The molecule has 122 valence electrons. The minimum Gasteiger partial charge on any atom is -0.321 e. The third-order valence-corrected chi connectivity index (χ3v) is 5.42. The first-order valence-electron chi connectivity index (χ1n) is 7.95. The smallest absolute Gasteiger partial charge is 0.279 e. The Kier molecular flexibility index (Phi) is 5.67. The van der Waals surface area contributed by atoms with Crippen LogP contribution in [0.25, 0.3) is 0 Å². The number of hydrogen-bond donors (Lipinski definition) is 3. The lowest BCUT2D eigenvalue weighted by Crippen LogP contribution is -3.28. The summed E-state index contributed by atoms with van der Waals surface area (Å²) in [5.74, 6) is 0.0969. The Morgan fingerprint density at radius 1 is 1.04 bits per heavy atom. The molecule has 1 aliphatic heterocycles. The lowest BCUT2D eigenvalue weighted by molar-refractivity contribution is -1.01. The highest BCUT2D eigenvalue weighted by Crippen LogP contribution is 2.20. The van der Waals surface area contributed by atoms with Crippen molar-refractivity contribution in [3.05, 3.63) is 51.7 Å². The van der Waals surface area contributed by atoms with E-state index in [1.165, 1.54) is 9.78 Å². The quantitative estimate of drug-likeness (QED) is 0.713. The van der Waals surface area contributed by atoms with Crippen LogP contribution >= 0.6 is 22.9 Å². The summed E-state index contributed by atoms with van der Waals surface area (Å²) < 4.78 is 0.862. The Labute approximate surface area is 145 Å². The molecule has 1 fully saturated rings. The van der Waals surface area contributed by atoms with Gasteiger partial charge in [-0.05, 0) is 24.3 Å². The molecule has 3 rings (SSSR count). The minimum absolute atomic E-state index is 0.0969. The van der Waals surface area contributed by atoms with Crippen LogP contribution in [0.3, 0.4) is 0 Å². The highest BCUT2D eigenvalue weighted by atomic mass is 35.5. The third kappa shape index (κ3) is 5.04. The molecule has 0 unspecified atom stereocenters. The van der Waals surface area contributed by atoms with Gasteiger partial charge in [-0.1, -0.05) is 29.8 Å². The zero-order chi connectivity index (χ0) is 16.1. The molecule has 23 heavy (non-hydrogen) atoms. The van der Waals surface area contributed by atoms with E-state index in [9.17, 15) is 4.79 Å². The first kappa shape index (κ1) is 16.5. The highest BCUT2D eigenvalue weighted by molar-refractivity contribution is 7.16. The number of amides is 1. The van der Waals surface area contributed by atoms with Gasteiger partial charge in [-0.15, -0.1) is 11.3 Å². The molecule has 1 aromatic heterocycles. The van der Waals surface area contributed by atoms with Crippen molar-refractivity contribution in [3.8, 4) is 0 Å². The average Bonchev–Trinajstić information content (AvgIpc) is 2.95. The molecule has 0 bridgehead atoms. The highest BCUT2D eigenvalue weighted by Gasteiger charge is 2.25. The second kappa shape index (κ2) is 7.93. The monoisotopic (exact) mass is 351 g/mol. The number of carbonyl (C=O) groups excluding carboxylic acids is 1. The molecule has 1 amide bonds. The Balaban J connectivity index is 1.41. The van der Waals surface area contributed by atoms with Gasteiger partial charge < -0.3 is 15.1 Å². The molecule has 0 aliphatic carbocycles. The van der Waals surface area contributed by atoms with E-state index in [-0.39, 0.29) is 5.91 Å². The summed E-state index contributed by atoms with van der Waals surface area (Å²) in [6, 6.07) is 13.7. The number of piperazine rings is 1. The predicted octanol–water partition coefficient (Wildman–Crippen LogP) is 0.324. The van der Waals surface area contributed by atoms with Crippen LogP contribution < -0.4 is 15.1 Å². The number of carbonyl (C=O) groups is 1. The SMILES string of the molecule is O=C(C[NH+]1CC[NH+](Cc2ccc(Cl)s2)CC1)Nc1ccccc1. The molecular weight excluding hydrogens is 330 g/mol. The van der Waals surface area contributed by atoms with E-state index in [0.29, 0.717) is 6.54 Å². The number of halogens is 1. The Morgan fingerprint density at radius 2 is 1.74 bits per heavy atom. The molecule has 3 N–H and O–H groups in total. The number of quaternary nitrogens is 2. The molecule has 6 heteroatoms. The number of rotatable bonds is 5. The van der Waals surface area contributed by atoms with Crippen molar-refractivity contribution >= 4 is 34.5 Å². The van der Waals surface area contributed by atoms with Gasteiger partial charge in [0, 0.05) is 5.69 Å². The first-order chi connectivity index (χ1) is 11.2. The molecule has 1 aromatic carbocycles. The van der Waals surface area contributed by atoms with E-state index in [2.05, 4.69) is 11.4 Å². The largest absolute Gasteiger partial charge is 0.321 e. The summed E-state index contributed by atoms with van der Waals surface area (Å²) in [5, 5.41) is 2.96. The number of nitrogens with one attached hydrogen (secondary N) is 3. The van der Waals surface area contributed by atoms with E-state index in [0.717, 1.165) is 42.7 Å². The molecule has 2 heterocycles. The number of thiophene rings is 1. The summed E-state index contributed by atoms with van der Waals surface area (Å²) in [7, 11) is 0. The lowest BCUT2D eigenvalue weighted by Gasteiger charge is -2.29. The van der Waals surface area contributed by atoms with Gasteiger partial charge in [0.25, 0.3) is 5.91 Å². The zero-order valence-corrected chi connectivity index (χ0v) is 14.6. The van der Waals surface area contributed by atoms with Crippen molar-refractivity contribution in [3.63, 3.8) is 0 Å². The van der Waals surface area contributed by atoms with Crippen LogP contribution in [0.2, 0.25) is 4.34 Å². The Hall–Kier alpha value is -1.40. The summed E-state index contributed by atoms with van der Waals surface area (Å²) in [4.78, 5) is 16.4. The van der Waals surface area contributed by atoms with Gasteiger partial charge in [0.15, 0.2) is 6.54 Å². The van der Waals surface area contributed by atoms with E-state index < -0.39 is 0 Å². The zero-order valence-electron chi connectivity index (χ0n) is 13.0. The normalized spacial score (nSPS) is 21.1. The van der Waals surface area contributed by atoms with E-state index in [4.69, 9.17) is 11.6 Å². The van der Waals surface area contributed by atoms with Crippen molar-refractivity contribution < 1.29 is 14.6 Å². The molecule has 1 saturated heterocycles. The number of para-hydroxylation sites is 1. The summed E-state index contributed by atoms with van der Waals surface area (Å²) in [6.07, 6.45) is 0. The average molecular weight is 352 g/mol. The fourth-order valence-electron chi connectivity index (χ4n) is 2.96. The van der Waals surface area contributed by atoms with Crippen molar-refractivity contribution in [2.24, 2.45) is 0 Å². The van der Waals surface area contributed by atoms with Crippen LogP contribution in [0.5, 0.6) is 0 Å². The van der Waals surface area contributed by atoms with Crippen LogP contribution in [0.4, 0.5) is 5.69 Å². The van der Waals surface area contributed by atoms with Crippen molar-refractivity contribution in [1.29, 1.82) is 0 Å². The molecule has 0 saturated carbocycles. The van der Waals surface area contributed by atoms with E-state index in [1.54, 1.807) is 16.2 Å². The van der Waals surface area contributed by atoms with Gasteiger partial charge in [0.1, 0.15) is 32.7 Å². The summed E-state index contributed by atoms with van der Waals surface area (Å²) >= 11 is 7.65. The molecule has 4 nitrogen and oxygen atoms in total. The number of benzene rings is 1. The van der Waals surface area contributed by atoms with Crippen molar-refractivity contribution in [2.45, 2.75) is 6.54 Å². The van der Waals surface area contributed by atoms with E-state index in [1.807, 2.05) is 36.4 Å². The van der Waals surface area contributed by atoms with Crippen LogP contribution in [-0.2, 0) is 11.3 Å². The fourth-order valence-corrected chi connectivity index (χ4v) is 4.12. The molecule has 0 radical (unpaired) electrons. The molecular formula is C17H22ClN3OS+2. The van der Waals surface area contributed by atoms with Crippen LogP contribution in [0, 0.1) is 0 Å². The maximum Gasteiger partial charge on any atom is 0.279 e. The molecule has 0 atom stereocenters. The summed E-state index contributed by atoms with van der Waals surface area (Å²) in [6.45, 7) is 5.87. The summed E-state index contributed by atoms with van der Waals surface area (Å²) in [5.41, 5.74) is 0.871. The lowest BCUT2D eigenvalue weighted by atomic mass is 10.3.